The molecule has 3 aromatic rings. The number of nitrogens with zero attached hydrogens (tertiary/aromatic N) is 4. The van der Waals surface area contributed by atoms with Crippen LogP contribution in [0.3, 0.4) is 0 Å². The lowest BCUT2D eigenvalue weighted by molar-refractivity contribution is -0.132. The summed E-state index contributed by atoms with van der Waals surface area (Å²) in [4.78, 5) is 31.1. The van der Waals surface area contributed by atoms with E-state index in [2.05, 4.69) is 15.1 Å². The van der Waals surface area contributed by atoms with Crippen molar-refractivity contribution in [2.75, 3.05) is 0 Å². The Hall–Kier alpha value is -3.76. The van der Waals surface area contributed by atoms with E-state index < -0.39 is 18.2 Å². The lowest BCUT2D eigenvalue weighted by Gasteiger charge is -2.09. The minimum absolute atomic E-state index is 0.0554. The number of hydrazine groups is 1. The van der Waals surface area contributed by atoms with Crippen molar-refractivity contribution >= 4 is 11.8 Å². The van der Waals surface area contributed by atoms with E-state index in [1.165, 1.54) is 41.5 Å². The van der Waals surface area contributed by atoms with Crippen molar-refractivity contribution < 1.29 is 22.8 Å². The van der Waals surface area contributed by atoms with Crippen molar-refractivity contribution in [3.63, 3.8) is 0 Å². The van der Waals surface area contributed by atoms with E-state index in [9.17, 15) is 22.8 Å². The summed E-state index contributed by atoms with van der Waals surface area (Å²) < 4.78 is 39.2. The molecular weight excluding hydrogens is 377 g/mol. The van der Waals surface area contributed by atoms with Crippen molar-refractivity contribution in [3.8, 4) is 11.5 Å². The minimum Gasteiger partial charge on any atom is -0.267 e. The quantitative estimate of drug-likeness (QED) is 0.644. The zero-order valence-corrected chi connectivity index (χ0v) is 14.1. The molecule has 0 saturated carbocycles. The fourth-order valence-electron chi connectivity index (χ4n) is 2.33. The number of nitrogens with one attached hydrogen (secondary N) is 2. The molecule has 0 bridgehead atoms. The third kappa shape index (κ3) is 4.50. The van der Waals surface area contributed by atoms with Crippen molar-refractivity contribution in [2.24, 2.45) is 0 Å². The van der Waals surface area contributed by atoms with Gasteiger partial charge in [0.2, 0.25) is 0 Å². The summed E-state index contributed by atoms with van der Waals surface area (Å²) in [5.41, 5.74) is 4.47. The number of rotatable bonds is 5. The Labute approximate surface area is 156 Å². The van der Waals surface area contributed by atoms with Crippen LogP contribution in [0.5, 0.6) is 0 Å². The molecule has 0 atom stereocenters. The summed E-state index contributed by atoms with van der Waals surface area (Å²) in [6.45, 7) is 0.218. The lowest BCUT2D eigenvalue weighted by Crippen LogP contribution is -2.44. The van der Waals surface area contributed by atoms with Crippen LogP contribution < -0.4 is 10.9 Å². The molecule has 0 saturated heterocycles. The smallest absolute Gasteiger partial charge is 0.267 e. The Morgan fingerprint density at radius 3 is 2.68 bits per heavy atom. The van der Waals surface area contributed by atoms with Crippen LogP contribution in [0.15, 0.2) is 48.9 Å². The maximum Gasteiger partial charge on any atom is 0.317 e. The van der Waals surface area contributed by atoms with E-state index in [4.69, 9.17) is 0 Å². The standard InChI is InChI=1S/C17H13F3N6O2/c18-12-3-1-2-10(6-12)8-26-15(22-9-23-26)13-7-11(4-5-21-13)16(27)24-25-17(28)14(19)20/h1-7,9,14H,8H2,(H,24,27)(H,25,28). The highest BCUT2D eigenvalue weighted by Crippen LogP contribution is 2.16. The molecule has 11 heteroatoms. The Kier molecular flexibility index (Phi) is 5.63. The second-order valence-electron chi connectivity index (χ2n) is 5.55. The highest BCUT2D eigenvalue weighted by atomic mass is 19.3. The molecule has 2 N–H and O–H groups in total. The molecule has 0 fully saturated rings. The van der Waals surface area contributed by atoms with Crippen LogP contribution in [0.2, 0.25) is 0 Å². The summed E-state index contributed by atoms with van der Waals surface area (Å²) in [6, 6.07) is 8.66. The number of amides is 2. The molecule has 2 heterocycles. The van der Waals surface area contributed by atoms with E-state index in [1.807, 2.05) is 5.43 Å². The normalized spacial score (nSPS) is 10.7. The number of benzene rings is 1. The molecule has 1 aromatic carbocycles. The molecule has 8 nitrogen and oxygen atoms in total. The molecule has 144 valence electrons. The maximum absolute atomic E-state index is 13.4. The number of pyridine rings is 1. The van der Waals surface area contributed by atoms with Crippen molar-refractivity contribution in [1.82, 2.24) is 30.6 Å². The molecule has 28 heavy (non-hydrogen) atoms. The Morgan fingerprint density at radius 2 is 1.93 bits per heavy atom. The van der Waals surface area contributed by atoms with E-state index in [0.717, 1.165) is 0 Å². The highest BCUT2D eigenvalue weighted by Gasteiger charge is 2.17. The second-order valence-corrected chi connectivity index (χ2v) is 5.55. The summed E-state index contributed by atoms with van der Waals surface area (Å²) >= 11 is 0. The van der Waals surface area contributed by atoms with Crippen LogP contribution in [0.25, 0.3) is 11.5 Å². The molecule has 0 radical (unpaired) electrons. The van der Waals surface area contributed by atoms with Gasteiger partial charge in [-0.1, -0.05) is 12.1 Å². The van der Waals surface area contributed by atoms with Gasteiger partial charge in [-0.15, -0.1) is 0 Å². The zero-order valence-electron chi connectivity index (χ0n) is 14.1. The minimum atomic E-state index is -3.25. The van der Waals surface area contributed by atoms with E-state index >= 15 is 0 Å². The van der Waals surface area contributed by atoms with E-state index in [-0.39, 0.29) is 23.6 Å². The second kappa shape index (κ2) is 8.29. The van der Waals surface area contributed by atoms with Gasteiger partial charge >= 0.3 is 12.3 Å². The number of carbonyl (C=O) groups excluding carboxylic acids is 2. The average Bonchev–Trinajstić information content (AvgIpc) is 3.14. The van der Waals surface area contributed by atoms with Gasteiger partial charge in [0.1, 0.15) is 17.8 Å². The van der Waals surface area contributed by atoms with E-state index in [0.29, 0.717) is 11.4 Å². The number of hydrogen-bond donors (Lipinski definition) is 2. The monoisotopic (exact) mass is 390 g/mol. The predicted molar refractivity (Wildman–Crippen MR) is 90.4 cm³/mol. The van der Waals surface area contributed by atoms with Crippen LogP contribution in [0.1, 0.15) is 15.9 Å². The fraction of sp³-hybridized carbons (Fsp3) is 0.118. The Balaban J connectivity index is 1.78. The first kappa shape index (κ1) is 19.0. The average molecular weight is 390 g/mol. The Morgan fingerprint density at radius 1 is 1.11 bits per heavy atom. The van der Waals surface area contributed by atoms with Crippen molar-refractivity contribution in [3.05, 3.63) is 65.9 Å². The molecule has 0 aliphatic carbocycles. The van der Waals surface area contributed by atoms with Crippen LogP contribution >= 0.6 is 0 Å². The third-order valence-corrected chi connectivity index (χ3v) is 3.59. The lowest BCUT2D eigenvalue weighted by atomic mass is 10.2. The molecule has 0 aliphatic rings. The van der Waals surface area contributed by atoms with Gasteiger partial charge in [-0.3, -0.25) is 25.4 Å². The molecule has 2 aromatic heterocycles. The summed E-state index contributed by atoms with van der Waals surface area (Å²) in [5.74, 6) is -2.51. The largest absolute Gasteiger partial charge is 0.317 e. The molecule has 2 amide bonds. The SMILES string of the molecule is O=C(NNC(=O)C(F)F)c1ccnc(-c2ncnn2Cc2cccc(F)c2)c1. The van der Waals surface area contributed by atoms with Gasteiger partial charge in [-0.25, -0.2) is 14.1 Å². The number of hydrogen-bond acceptors (Lipinski definition) is 5. The summed E-state index contributed by atoms with van der Waals surface area (Å²) in [5, 5.41) is 4.07. The molecule has 3 rings (SSSR count). The van der Waals surface area contributed by atoms with Gasteiger partial charge in [0, 0.05) is 11.8 Å². The number of carbonyl (C=O) groups is 2. The topological polar surface area (TPSA) is 102 Å². The summed E-state index contributed by atoms with van der Waals surface area (Å²) in [6.07, 6.45) is -0.651. The van der Waals surface area contributed by atoms with Crippen LogP contribution in [0.4, 0.5) is 13.2 Å². The van der Waals surface area contributed by atoms with Gasteiger partial charge in [0.25, 0.3) is 5.91 Å². The van der Waals surface area contributed by atoms with Gasteiger partial charge in [0.15, 0.2) is 5.82 Å². The number of alkyl halides is 2. The molecular formula is C17H13F3N6O2. The van der Waals surface area contributed by atoms with Gasteiger partial charge in [0.05, 0.1) is 6.54 Å². The first-order valence-corrected chi connectivity index (χ1v) is 7.91. The Bertz CT molecular complexity index is 1010. The summed E-state index contributed by atoms with van der Waals surface area (Å²) in [7, 11) is 0. The number of halogens is 3. The first-order chi connectivity index (χ1) is 13.4. The molecule has 0 unspecified atom stereocenters. The highest BCUT2D eigenvalue weighted by molar-refractivity contribution is 5.96. The predicted octanol–water partition coefficient (Wildman–Crippen LogP) is 1.55. The molecule has 0 aliphatic heterocycles. The van der Waals surface area contributed by atoms with Gasteiger partial charge in [-0.05, 0) is 29.8 Å². The van der Waals surface area contributed by atoms with Crippen LogP contribution in [-0.4, -0.2) is 38.0 Å². The van der Waals surface area contributed by atoms with Crippen LogP contribution in [-0.2, 0) is 11.3 Å². The fourth-order valence-corrected chi connectivity index (χ4v) is 2.33. The van der Waals surface area contributed by atoms with Gasteiger partial charge in [-0.2, -0.15) is 13.9 Å². The number of aromatic nitrogens is 4. The molecule has 0 spiro atoms. The van der Waals surface area contributed by atoms with Gasteiger partial charge < -0.3 is 0 Å². The van der Waals surface area contributed by atoms with Crippen molar-refractivity contribution in [1.29, 1.82) is 0 Å². The van der Waals surface area contributed by atoms with Crippen LogP contribution in [0, 0.1) is 5.82 Å². The van der Waals surface area contributed by atoms with Crippen molar-refractivity contribution in [2.45, 2.75) is 13.0 Å². The first-order valence-electron chi connectivity index (χ1n) is 7.91. The third-order valence-electron chi connectivity index (χ3n) is 3.59. The maximum atomic E-state index is 13.4. The van der Waals surface area contributed by atoms with E-state index in [1.54, 1.807) is 17.6 Å². The zero-order chi connectivity index (χ0) is 20.1.